The highest BCUT2D eigenvalue weighted by atomic mass is 32.2. The molecular formula is C23H26N4O2S2. The summed E-state index contributed by atoms with van der Waals surface area (Å²) >= 11 is 1.72. The third kappa shape index (κ3) is 4.88. The van der Waals surface area contributed by atoms with Crippen LogP contribution in [0.1, 0.15) is 42.1 Å². The molecule has 4 rings (SSSR count). The minimum atomic E-state index is -3.77. The van der Waals surface area contributed by atoms with Crippen LogP contribution in [0.4, 0.5) is 0 Å². The first-order valence-corrected chi connectivity index (χ1v) is 12.7. The van der Waals surface area contributed by atoms with Crippen LogP contribution in [0.5, 0.6) is 0 Å². The molecular weight excluding hydrogens is 428 g/mol. The summed E-state index contributed by atoms with van der Waals surface area (Å²) in [7, 11) is -3.77. The number of nitrogens with one attached hydrogen (secondary N) is 1. The minimum Gasteiger partial charge on any atom is -0.327 e. The first kappa shape index (κ1) is 21.7. The van der Waals surface area contributed by atoms with Gasteiger partial charge < -0.3 is 4.57 Å². The van der Waals surface area contributed by atoms with Gasteiger partial charge in [0.15, 0.2) is 0 Å². The van der Waals surface area contributed by atoms with E-state index in [-0.39, 0.29) is 10.9 Å². The van der Waals surface area contributed by atoms with Gasteiger partial charge in [0.25, 0.3) is 0 Å². The number of hydrogen-bond donors (Lipinski definition) is 2. The Labute approximate surface area is 186 Å². The summed E-state index contributed by atoms with van der Waals surface area (Å²) in [5.74, 6) is 0.882. The maximum absolute atomic E-state index is 11.8. The fourth-order valence-corrected chi connectivity index (χ4v) is 5.07. The molecule has 0 saturated heterocycles. The zero-order chi connectivity index (χ0) is 21.8. The zero-order valence-corrected chi connectivity index (χ0v) is 19.0. The molecule has 1 atom stereocenters. The monoisotopic (exact) mass is 454 g/mol. The highest BCUT2D eigenvalue weighted by molar-refractivity contribution is 7.89. The van der Waals surface area contributed by atoms with Crippen molar-refractivity contribution in [3.05, 3.63) is 82.3 Å². The van der Waals surface area contributed by atoms with Gasteiger partial charge in [-0.3, -0.25) is 5.32 Å². The SMILES string of the molecule is CCCCn1c(CNC(c2ccccc2)c2cccs2)nc2cc(S(N)(=O)=O)ccc21. The van der Waals surface area contributed by atoms with Crippen molar-refractivity contribution < 1.29 is 8.42 Å². The number of sulfonamides is 1. The van der Waals surface area contributed by atoms with E-state index in [1.54, 1.807) is 29.5 Å². The van der Waals surface area contributed by atoms with Gasteiger partial charge in [-0.2, -0.15) is 0 Å². The smallest absolute Gasteiger partial charge is 0.238 e. The summed E-state index contributed by atoms with van der Waals surface area (Å²) in [6, 6.07) is 19.5. The van der Waals surface area contributed by atoms with E-state index >= 15 is 0 Å². The van der Waals surface area contributed by atoms with Crippen molar-refractivity contribution in [1.29, 1.82) is 0 Å². The normalized spacial score (nSPS) is 13.0. The Bertz CT molecular complexity index is 1250. The van der Waals surface area contributed by atoms with Crippen LogP contribution in [0.2, 0.25) is 0 Å². The molecule has 3 N–H and O–H groups in total. The standard InChI is InChI=1S/C23H26N4O2S2/c1-2-3-13-27-20-12-11-18(31(24,28)29)15-19(20)26-22(27)16-25-23(21-10-7-14-30-21)17-8-5-4-6-9-17/h4-12,14-15,23,25H,2-3,13,16H2,1H3,(H2,24,28,29). The molecule has 31 heavy (non-hydrogen) atoms. The Morgan fingerprint density at radius 3 is 2.61 bits per heavy atom. The predicted octanol–water partition coefficient (Wildman–Crippen LogP) is 4.42. The van der Waals surface area contributed by atoms with E-state index in [1.165, 1.54) is 10.4 Å². The van der Waals surface area contributed by atoms with Gasteiger partial charge in [-0.25, -0.2) is 18.5 Å². The summed E-state index contributed by atoms with van der Waals surface area (Å²) in [5, 5.41) is 11.1. The van der Waals surface area contributed by atoms with Crippen molar-refractivity contribution >= 4 is 32.4 Å². The number of primary sulfonamides is 1. The Kier molecular flexibility index (Phi) is 6.52. The Morgan fingerprint density at radius 2 is 1.94 bits per heavy atom. The fraction of sp³-hybridized carbons (Fsp3) is 0.261. The molecule has 0 aliphatic heterocycles. The molecule has 1 unspecified atom stereocenters. The van der Waals surface area contributed by atoms with Gasteiger partial charge in [-0.1, -0.05) is 49.7 Å². The molecule has 6 nitrogen and oxygen atoms in total. The number of aromatic nitrogens is 2. The van der Waals surface area contributed by atoms with Crippen LogP contribution in [0.15, 0.2) is 70.9 Å². The van der Waals surface area contributed by atoms with Crippen LogP contribution < -0.4 is 10.5 Å². The van der Waals surface area contributed by atoms with Crippen molar-refractivity contribution in [2.75, 3.05) is 0 Å². The Morgan fingerprint density at radius 1 is 1.13 bits per heavy atom. The van der Waals surface area contributed by atoms with Crippen molar-refractivity contribution in [1.82, 2.24) is 14.9 Å². The first-order chi connectivity index (χ1) is 15.0. The summed E-state index contributed by atoms with van der Waals surface area (Å²) in [6.07, 6.45) is 2.08. The van der Waals surface area contributed by atoms with E-state index in [0.717, 1.165) is 30.7 Å². The maximum atomic E-state index is 11.8. The molecule has 2 aromatic carbocycles. The van der Waals surface area contributed by atoms with E-state index in [9.17, 15) is 8.42 Å². The van der Waals surface area contributed by atoms with Crippen LogP contribution in [-0.2, 0) is 23.1 Å². The van der Waals surface area contributed by atoms with Crippen LogP contribution in [0, 0.1) is 0 Å². The summed E-state index contributed by atoms with van der Waals surface area (Å²) in [4.78, 5) is 6.09. The average Bonchev–Trinajstić information content (AvgIpc) is 3.40. The molecule has 0 bridgehead atoms. The number of hydrogen-bond acceptors (Lipinski definition) is 5. The van der Waals surface area contributed by atoms with E-state index in [0.29, 0.717) is 12.1 Å². The van der Waals surface area contributed by atoms with Crippen LogP contribution in [-0.4, -0.2) is 18.0 Å². The van der Waals surface area contributed by atoms with E-state index in [2.05, 4.69) is 46.5 Å². The number of benzene rings is 2. The van der Waals surface area contributed by atoms with Gasteiger partial charge in [-0.15, -0.1) is 11.3 Å². The molecule has 0 saturated carbocycles. The fourth-order valence-electron chi connectivity index (χ4n) is 3.71. The lowest BCUT2D eigenvalue weighted by atomic mass is 10.1. The van der Waals surface area contributed by atoms with Crippen LogP contribution in [0.3, 0.4) is 0 Å². The third-order valence-corrected chi connectivity index (χ3v) is 7.14. The summed E-state index contributed by atoms with van der Waals surface area (Å²) in [6.45, 7) is 3.53. The summed E-state index contributed by atoms with van der Waals surface area (Å²) in [5.41, 5.74) is 2.76. The summed E-state index contributed by atoms with van der Waals surface area (Å²) < 4.78 is 25.7. The Hall–Kier alpha value is -2.52. The molecule has 0 spiro atoms. The lowest BCUT2D eigenvalue weighted by Gasteiger charge is -2.18. The van der Waals surface area contributed by atoms with Crippen molar-refractivity contribution in [2.45, 2.75) is 43.8 Å². The number of unbranched alkanes of at least 4 members (excludes halogenated alkanes) is 1. The minimum absolute atomic E-state index is 0.0561. The molecule has 0 fully saturated rings. The largest absolute Gasteiger partial charge is 0.327 e. The van der Waals surface area contributed by atoms with Gasteiger partial charge in [0.05, 0.1) is 28.5 Å². The van der Waals surface area contributed by atoms with Gasteiger partial charge in [-0.05, 0) is 41.6 Å². The molecule has 0 amide bonds. The molecule has 8 heteroatoms. The van der Waals surface area contributed by atoms with Gasteiger partial charge in [0.2, 0.25) is 10.0 Å². The topological polar surface area (TPSA) is 90.0 Å². The number of nitrogens with two attached hydrogens (primary N) is 1. The molecule has 0 aliphatic carbocycles. The zero-order valence-electron chi connectivity index (χ0n) is 17.4. The highest BCUT2D eigenvalue weighted by Gasteiger charge is 2.18. The van der Waals surface area contributed by atoms with Gasteiger partial charge in [0.1, 0.15) is 5.82 Å². The van der Waals surface area contributed by atoms with E-state index < -0.39 is 10.0 Å². The molecule has 0 radical (unpaired) electrons. The molecule has 4 aromatic rings. The van der Waals surface area contributed by atoms with Crippen molar-refractivity contribution in [2.24, 2.45) is 5.14 Å². The Balaban J connectivity index is 1.68. The number of fused-ring (bicyclic) bond motifs is 1. The highest BCUT2D eigenvalue weighted by Crippen LogP contribution is 2.27. The molecule has 0 aliphatic rings. The predicted molar refractivity (Wildman–Crippen MR) is 125 cm³/mol. The quantitative estimate of drug-likeness (QED) is 0.392. The third-order valence-electron chi connectivity index (χ3n) is 5.29. The average molecular weight is 455 g/mol. The number of rotatable bonds is 9. The maximum Gasteiger partial charge on any atom is 0.238 e. The van der Waals surface area contributed by atoms with E-state index in [4.69, 9.17) is 10.1 Å². The second-order valence-electron chi connectivity index (χ2n) is 7.47. The molecule has 2 aromatic heterocycles. The molecule has 2 heterocycles. The van der Waals surface area contributed by atoms with Crippen molar-refractivity contribution in [3.63, 3.8) is 0 Å². The van der Waals surface area contributed by atoms with Crippen molar-refractivity contribution in [3.8, 4) is 0 Å². The van der Waals surface area contributed by atoms with Gasteiger partial charge >= 0.3 is 0 Å². The van der Waals surface area contributed by atoms with Gasteiger partial charge in [0, 0.05) is 11.4 Å². The van der Waals surface area contributed by atoms with Crippen LogP contribution in [0.25, 0.3) is 11.0 Å². The first-order valence-electron chi connectivity index (χ1n) is 10.3. The second-order valence-corrected chi connectivity index (χ2v) is 10.0. The lowest BCUT2D eigenvalue weighted by Crippen LogP contribution is -2.23. The van der Waals surface area contributed by atoms with Crippen LogP contribution >= 0.6 is 11.3 Å². The number of imidazole rings is 1. The number of nitrogens with zero attached hydrogens (tertiary/aromatic N) is 2. The van der Waals surface area contributed by atoms with E-state index in [1.807, 2.05) is 18.2 Å². The number of aryl methyl sites for hydroxylation is 1. The second kappa shape index (κ2) is 9.32. The number of thiophene rings is 1. The lowest BCUT2D eigenvalue weighted by molar-refractivity contribution is 0.551. The molecule has 162 valence electrons.